The molecule has 0 spiro atoms. The quantitative estimate of drug-likeness (QED) is 0.781. The molecule has 2 atom stereocenters. The van der Waals surface area contributed by atoms with Gasteiger partial charge in [0.15, 0.2) is 5.75 Å². The van der Waals surface area contributed by atoms with Crippen molar-refractivity contribution in [3.63, 3.8) is 0 Å². The highest BCUT2D eigenvalue weighted by Gasteiger charge is 2.46. The third kappa shape index (κ3) is 1.45. The van der Waals surface area contributed by atoms with Crippen LogP contribution in [0.15, 0.2) is 22.7 Å². The molecule has 2 aliphatic rings. The zero-order valence-corrected chi connectivity index (χ0v) is 11.2. The monoisotopic (exact) mass is 281 g/mol. The van der Waals surface area contributed by atoms with Gasteiger partial charge in [-0.2, -0.15) is 0 Å². The van der Waals surface area contributed by atoms with Crippen LogP contribution in [0.5, 0.6) is 5.75 Å². The first-order valence-corrected chi connectivity index (χ1v) is 6.59. The van der Waals surface area contributed by atoms with Crippen molar-refractivity contribution in [1.82, 2.24) is 0 Å². The molecule has 1 fully saturated rings. The molecule has 3 heteroatoms. The van der Waals surface area contributed by atoms with Crippen LogP contribution in [0.25, 0.3) is 0 Å². The summed E-state index contributed by atoms with van der Waals surface area (Å²) in [6.45, 7) is 4.59. The molecule has 1 saturated carbocycles. The van der Waals surface area contributed by atoms with Crippen LogP contribution >= 0.6 is 15.9 Å². The Bertz CT molecular complexity index is 430. The lowest BCUT2D eigenvalue weighted by Crippen LogP contribution is -2.43. The number of nitrogens with one attached hydrogen (secondary N) is 1. The number of ether oxygens (including phenoxy) is 1. The molecule has 1 aromatic carbocycles. The Morgan fingerprint density at radius 3 is 3.06 bits per heavy atom. The Hall–Kier alpha value is -0.700. The van der Waals surface area contributed by atoms with Gasteiger partial charge >= 0.3 is 0 Å². The highest BCUT2D eigenvalue weighted by molar-refractivity contribution is 9.10. The topological polar surface area (TPSA) is 21.3 Å². The molecule has 86 valence electrons. The van der Waals surface area contributed by atoms with E-state index in [1.54, 1.807) is 0 Å². The smallest absolute Gasteiger partial charge is 0.157 e. The molecule has 0 bridgehead atoms. The highest BCUT2D eigenvalue weighted by atomic mass is 79.9. The molecular weight excluding hydrogens is 266 g/mol. The number of benzene rings is 1. The van der Waals surface area contributed by atoms with Gasteiger partial charge in [-0.15, -0.1) is 0 Å². The Morgan fingerprint density at radius 2 is 2.25 bits per heavy atom. The molecule has 16 heavy (non-hydrogen) atoms. The van der Waals surface area contributed by atoms with Gasteiger partial charge in [-0.1, -0.05) is 19.9 Å². The standard InChI is InChI=1S/C13H16BrNO/c1-13(2)7-6-10-12(13)16-11-8(14)4-3-5-9(11)15-10/h3-5,10,12,15H,6-7H2,1-2H3. The number of hydrogen-bond acceptors (Lipinski definition) is 2. The van der Waals surface area contributed by atoms with Crippen LogP contribution in [-0.4, -0.2) is 12.1 Å². The van der Waals surface area contributed by atoms with Gasteiger partial charge < -0.3 is 10.1 Å². The van der Waals surface area contributed by atoms with Crippen molar-refractivity contribution in [3.05, 3.63) is 22.7 Å². The zero-order valence-electron chi connectivity index (χ0n) is 9.59. The first-order valence-electron chi connectivity index (χ1n) is 5.80. The minimum Gasteiger partial charge on any atom is -0.484 e. The van der Waals surface area contributed by atoms with Crippen LogP contribution in [0.4, 0.5) is 5.69 Å². The Kier molecular flexibility index (Phi) is 2.22. The van der Waals surface area contributed by atoms with Crippen LogP contribution < -0.4 is 10.1 Å². The van der Waals surface area contributed by atoms with E-state index >= 15 is 0 Å². The van der Waals surface area contributed by atoms with Crippen LogP contribution in [0, 0.1) is 5.41 Å². The minimum absolute atomic E-state index is 0.268. The van der Waals surface area contributed by atoms with Crippen molar-refractivity contribution in [2.24, 2.45) is 5.41 Å². The molecule has 1 aliphatic carbocycles. The molecule has 1 heterocycles. The number of anilines is 1. The molecule has 0 saturated heterocycles. The number of para-hydroxylation sites is 1. The zero-order chi connectivity index (χ0) is 11.3. The molecule has 0 radical (unpaired) electrons. The molecule has 0 amide bonds. The summed E-state index contributed by atoms with van der Waals surface area (Å²) in [4.78, 5) is 0. The Morgan fingerprint density at radius 1 is 1.44 bits per heavy atom. The largest absolute Gasteiger partial charge is 0.484 e. The molecule has 0 aromatic heterocycles. The van der Waals surface area contributed by atoms with Gasteiger partial charge in [0, 0.05) is 5.41 Å². The molecule has 1 aromatic rings. The van der Waals surface area contributed by atoms with Crippen molar-refractivity contribution in [2.45, 2.75) is 38.8 Å². The summed E-state index contributed by atoms with van der Waals surface area (Å²) < 4.78 is 7.23. The summed E-state index contributed by atoms with van der Waals surface area (Å²) in [6, 6.07) is 6.63. The van der Waals surface area contributed by atoms with Gasteiger partial charge in [0.1, 0.15) is 6.10 Å². The second-order valence-corrected chi connectivity index (χ2v) is 6.29. The van der Waals surface area contributed by atoms with E-state index in [9.17, 15) is 0 Å². The van der Waals surface area contributed by atoms with Crippen molar-refractivity contribution in [3.8, 4) is 5.75 Å². The normalized spacial score (nSPS) is 29.9. The molecular formula is C13H16BrNO. The van der Waals surface area contributed by atoms with Gasteiger partial charge in [-0.25, -0.2) is 0 Å². The van der Waals surface area contributed by atoms with E-state index in [0.717, 1.165) is 15.9 Å². The van der Waals surface area contributed by atoms with Gasteiger partial charge in [-0.3, -0.25) is 0 Å². The summed E-state index contributed by atoms with van der Waals surface area (Å²) in [5, 5.41) is 3.60. The van der Waals surface area contributed by atoms with Crippen LogP contribution in [0.1, 0.15) is 26.7 Å². The molecule has 1 N–H and O–H groups in total. The number of fused-ring (bicyclic) bond motifs is 2. The van der Waals surface area contributed by atoms with E-state index in [1.165, 1.54) is 12.8 Å². The van der Waals surface area contributed by atoms with Crippen molar-refractivity contribution >= 4 is 21.6 Å². The maximum Gasteiger partial charge on any atom is 0.157 e. The molecule has 3 rings (SSSR count). The van der Waals surface area contributed by atoms with Crippen LogP contribution in [0.2, 0.25) is 0 Å². The summed E-state index contributed by atoms with van der Waals surface area (Å²) in [6.07, 6.45) is 2.71. The maximum absolute atomic E-state index is 6.19. The second kappa shape index (κ2) is 3.39. The predicted molar refractivity (Wildman–Crippen MR) is 69.0 cm³/mol. The first kappa shape index (κ1) is 10.5. The summed E-state index contributed by atoms with van der Waals surface area (Å²) in [5.41, 5.74) is 1.39. The maximum atomic E-state index is 6.19. The first-order chi connectivity index (χ1) is 7.58. The SMILES string of the molecule is CC1(C)CCC2Nc3cccc(Br)c3OC21. The number of hydrogen-bond donors (Lipinski definition) is 1. The average Bonchev–Trinajstić information content (AvgIpc) is 2.53. The van der Waals surface area contributed by atoms with E-state index in [-0.39, 0.29) is 5.41 Å². The fraction of sp³-hybridized carbons (Fsp3) is 0.538. The lowest BCUT2D eigenvalue weighted by molar-refractivity contribution is 0.0893. The predicted octanol–water partition coefficient (Wildman–Crippen LogP) is 3.81. The highest BCUT2D eigenvalue weighted by Crippen LogP contribution is 2.47. The summed E-state index contributed by atoms with van der Waals surface area (Å²) >= 11 is 3.55. The summed E-state index contributed by atoms with van der Waals surface area (Å²) in [7, 11) is 0. The molecule has 1 aliphatic heterocycles. The minimum atomic E-state index is 0.268. The van der Waals surface area contributed by atoms with E-state index in [0.29, 0.717) is 12.1 Å². The number of halogens is 1. The average molecular weight is 282 g/mol. The van der Waals surface area contributed by atoms with Gasteiger partial charge in [-0.05, 0) is 40.9 Å². The second-order valence-electron chi connectivity index (χ2n) is 5.43. The van der Waals surface area contributed by atoms with E-state index in [1.807, 2.05) is 12.1 Å². The Labute approximate surface area is 105 Å². The lowest BCUT2D eigenvalue weighted by Gasteiger charge is -2.37. The van der Waals surface area contributed by atoms with Gasteiger partial charge in [0.25, 0.3) is 0 Å². The molecule has 2 nitrogen and oxygen atoms in total. The van der Waals surface area contributed by atoms with Crippen molar-refractivity contribution < 1.29 is 4.74 Å². The summed E-state index contributed by atoms with van der Waals surface area (Å²) in [5.74, 6) is 0.971. The van der Waals surface area contributed by atoms with Crippen LogP contribution in [-0.2, 0) is 0 Å². The van der Waals surface area contributed by atoms with Crippen molar-refractivity contribution in [2.75, 3.05) is 5.32 Å². The van der Waals surface area contributed by atoms with E-state index in [4.69, 9.17) is 4.74 Å². The lowest BCUT2D eigenvalue weighted by atomic mass is 9.88. The molecule has 2 unspecified atom stereocenters. The third-order valence-electron chi connectivity index (χ3n) is 3.79. The Balaban J connectivity index is 2.01. The van der Waals surface area contributed by atoms with Gasteiger partial charge in [0.2, 0.25) is 0 Å². The number of rotatable bonds is 0. The van der Waals surface area contributed by atoms with E-state index in [2.05, 4.69) is 41.2 Å². The van der Waals surface area contributed by atoms with Crippen LogP contribution in [0.3, 0.4) is 0 Å². The van der Waals surface area contributed by atoms with E-state index < -0.39 is 0 Å². The third-order valence-corrected chi connectivity index (χ3v) is 4.41. The van der Waals surface area contributed by atoms with Crippen molar-refractivity contribution in [1.29, 1.82) is 0 Å². The fourth-order valence-electron chi connectivity index (χ4n) is 2.82. The fourth-order valence-corrected chi connectivity index (χ4v) is 3.28. The van der Waals surface area contributed by atoms with Gasteiger partial charge in [0.05, 0.1) is 16.2 Å².